The summed E-state index contributed by atoms with van der Waals surface area (Å²) in [6.07, 6.45) is 0.611. The number of methoxy groups -OCH3 is 2. The molecular formula is C46H47Cl3N6O9. The van der Waals surface area contributed by atoms with Crippen molar-refractivity contribution in [2.45, 2.75) is 37.0 Å². The van der Waals surface area contributed by atoms with E-state index in [0.717, 1.165) is 49.9 Å². The smallest absolute Gasteiger partial charge is 0.335 e. The molecule has 2 aliphatic heterocycles. The molecule has 6 aromatic rings. The fraction of sp³-hybridized carbons (Fsp3) is 0.261. The number of carboxylic acid groups (broad SMARTS) is 1. The molecule has 0 aliphatic carbocycles. The Morgan fingerprint density at radius 3 is 1.38 bits per heavy atom. The molecule has 18 heteroatoms. The summed E-state index contributed by atoms with van der Waals surface area (Å²) in [6, 6.07) is 25.9. The molecule has 3 amide bonds. The number of hydrogen-bond acceptors (Lipinski definition) is 9. The number of ether oxygens (including phenoxy) is 2. The van der Waals surface area contributed by atoms with Gasteiger partial charge in [0.15, 0.2) is 0 Å². The van der Waals surface area contributed by atoms with Crippen LogP contribution in [0.4, 0.5) is 0 Å². The largest absolute Gasteiger partial charge is 0.478 e. The van der Waals surface area contributed by atoms with E-state index in [9.17, 15) is 33.9 Å². The molecule has 0 saturated carbocycles. The van der Waals surface area contributed by atoms with Crippen molar-refractivity contribution in [3.8, 4) is 0 Å². The number of rotatable bonds is 8. The number of esters is 2. The minimum Gasteiger partial charge on any atom is -0.478 e. The Bertz CT molecular complexity index is 2670. The molecule has 0 spiro atoms. The summed E-state index contributed by atoms with van der Waals surface area (Å²) < 4.78 is 10.0. The van der Waals surface area contributed by atoms with Crippen LogP contribution in [0.15, 0.2) is 97.1 Å². The number of nitrogens with zero attached hydrogens (tertiary/aromatic N) is 2. The molecule has 0 saturated heterocycles. The molecule has 336 valence electrons. The fourth-order valence-corrected chi connectivity index (χ4v) is 8.71. The molecule has 6 N–H and O–H groups in total. The summed E-state index contributed by atoms with van der Waals surface area (Å²) >= 11 is 11.8. The monoisotopic (exact) mass is 932 g/mol. The molecule has 8 rings (SSSR count). The number of nitrogens with two attached hydrogens (primary N) is 1. The fourth-order valence-electron chi connectivity index (χ4n) is 8.43. The first kappa shape index (κ1) is 48.6. The Kier molecular flexibility index (Phi) is 16.2. The van der Waals surface area contributed by atoms with E-state index in [4.69, 9.17) is 32.7 Å². The number of para-hydroxylation sites is 2. The van der Waals surface area contributed by atoms with E-state index < -0.39 is 48.0 Å². The Morgan fingerprint density at radius 2 is 1.03 bits per heavy atom. The average Bonchev–Trinajstić information content (AvgIpc) is 3.90. The highest BCUT2D eigenvalue weighted by molar-refractivity contribution is 6.28. The van der Waals surface area contributed by atoms with Crippen molar-refractivity contribution >= 4 is 93.0 Å². The van der Waals surface area contributed by atoms with Gasteiger partial charge < -0.3 is 45.4 Å². The van der Waals surface area contributed by atoms with Crippen LogP contribution < -0.4 is 11.1 Å². The quantitative estimate of drug-likeness (QED) is 0.0900. The lowest BCUT2D eigenvalue weighted by Gasteiger charge is -2.40. The lowest BCUT2D eigenvalue weighted by Crippen LogP contribution is -2.52. The van der Waals surface area contributed by atoms with Crippen LogP contribution in [0.25, 0.3) is 21.8 Å². The first-order valence-corrected chi connectivity index (χ1v) is 20.8. The normalized spacial score (nSPS) is 17.2. The number of aromatic nitrogens is 2. The van der Waals surface area contributed by atoms with Gasteiger partial charge in [-0.05, 0) is 65.7 Å². The number of hydrogen-bond donors (Lipinski definition) is 5. The molecule has 4 heterocycles. The molecule has 4 aromatic carbocycles. The van der Waals surface area contributed by atoms with Crippen molar-refractivity contribution in [3.05, 3.63) is 142 Å². The summed E-state index contributed by atoms with van der Waals surface area (Å²) in [5.41, 5.74) is 11.8. The molecule has 2 aliphatic rings. The Balaban J connectivity index is 0.000000229. The van der Waals surface area contributed by atoms with Gasteiger partial charge in [-0.3, -0.25) is 14.4 Å². The van der Waals surface area contributed by atoms with Gasteiger partial charge in [0.25, 0.3) is 5.91 Å². The third kappa shape index (κ3) is 9.29. The number of benzene rings is 4. The Labute approximate surface area is 384 Å². The highest BCUT2D eigenvalue weighted by atomic mass is 35.5. The molecule has 15 nitrogen and oxygen atoms in total. The maximum Gasteiger partial charge on any atom is 0.335 e. The third-order valence-electron chi connectivity index (χ3n) is 11.2. The predicted molar refractivity (Wildman–Crippen MR) is 245 cm³/mol. The third-order valence-corrected chi connectivity index (χ3v) is 11.7. The molecule has 0 bridgehead atoms. The van der Waals surface area contributed by atoms with Crippen molar-refractivity contribution in [2.24, 2.45) is 5.73 Å². The predicted octanol–water partition coefficient (Wildman–Crippen LogP) is 5.90. The number of carboxylic acids is 1. The Hall–Kier alpha value is -6.39. The lowest BCUT2D eigenvalue weighted by molar-refractivity contribution is -0.154. The van der Waals surface area contributed by atoms with Crippen LogP contribution in [-0.2, 0) is 41.5 Å². The number of alkyl halides is 2. The maximum atomic E-state index is 12.9. The molecule has 0 fully saturated rings. The van der Waals surface area contributed by atoms with Crippen LogP contribution in [0, 0.1) is 0 Å². The van der Waals surface area contributed by atoms with Crippen molar-refractivity contribution in [2.75, 3.05) is 40.1 Å². The van der Waals surface area contributed by atoms with E-state index in [0.29, 0.717) is 24.0 Å². The highest BCUT2D eigenvalue weighted by Gasteiger charge is 2.45. The van der Waals surface area contributed by atoms with Crippen LogP contribution in [0.2, 0.25) is 0 Å². The standard InChI is InChI=1S/C23H22ClN3O4.C22H19ClN2O5.CH5N.ClH/c1-25-22(29)14-9-7-13(8-10-14)21-20-16(15-5-3-4-6-17(15)26-20)11-18(23(30)31-2)27(21)19(28)12-24;1-30-22(29)17-10-15-14-4-2-3-5-16(14)24-19(15)20(25(17)18(26)11-23)12-6-8-13(9-7-12)21(27)28;1-2;/h3-10,18,21,26H,11-12H2,1-2H3,(H,25,29);2-9,17,20,24H,10-11H2,1H3,(H,27,28);2H2,1H3;1H/t18-,21+;17-,20+;;/m11../s1. The first-order chi connectivity index (χ1) is 30.4. The lowest BCUT2D eigenvalue weighted by atomic mass is 9.87. The number of carbonyl (C=O) groups is 6. The summed E-state index contributed by atoms with van der Waals surface area (Å²) in [7, 11) is 5.66. The highest BCUT2D eigenvalue weighted by Crippen LogP contribution is 2.43. The minimum absolute atomic E-state index is 0. The minimum atomic E-state index is -1.04. The zero-order valence-corrected chi connectivity index (χ0v) is 37.6. The van der Waals surface area contributed by atoms with Crippen molar-refractivity contribution < 1.29 is 43.3 Å². The van der Waals surface area contributed by atoms with E-state index >= 15 is 0 Å². The molecule has 0 unspecified atom stereocenters. The number of fused-ring (bicyclic) bond motifs is 6. The van der Waals surface area contributed by atoms with Crippen LogP contribution in [0.5, 0.6) is 0 Å². The second-order valence-electron chi connectivity index (χ2n) is 14.4. The summed E-state index contributed by atoms with van der Waals surface area (Å²) in [4.78, 5) is 84.1. The number of H-pyrrole nitrogens is 2. The summed E-state index contributed by atoms with van der Waals surface area (Å²) in [5.74, 6) is -3.63. The van der Waals surface area contributed by atoms with E-state index in [2.05, 4.69) is 21.0 Å². The molecule has 64 heavy (non-hydrogen) atoms. The van der Waals surface area contributed by atoms with E-state index in [1.54, 1.807) is 43.4 Å². The van der Waals surface area contributed by atoms with Crippen molar-refractivity contribution in [1.82, 2.24) is 25.1 Å². The second-order valence-corrected chi connectivity index (χ2v) is 14.9. The number of aromatic amines is 2. The molecule has 4 atom stereocenters. The Morgan fingerprint density at radius 1 is 0.656 bits per heavy atom. The van der Waals surface area contributed by atoms with Crippen molar-refractivity contribution in [1.29, 1.82) is 0 Å². The molecular weight excluding hydrogens is 887 g/mol. The van der Waals surface area contributed by atoms with Gasteiger partial charge in [0.05, 0.1) is 31.9 Å². The second kappa shape index (κ2) is 21.3. The van der Waals surface area contributed by atoms with Gasteiger partial charge in [-0.25, -0.2) is 14.4 Å². The number of aromatic carboxylic acids is 1. The van der Waals surface area contributed by atoms with E-state index in [-0.39, 0.29) is 41.5 Å². The number of halogens is 3. The van der Waals surface area contributed by atoms with Gasteiger partial charge in [-0.1, -0.05) is 60.7 Å². The number of amides is 3. The number of nitrogens with one attached hydrogen (secondary N) is 3. The van der Waals surface area contributed by atoms with Gasteiger partial charge in [-0.15, -0.1) is 35.6 Å². The van der Waals surface area contributed by atoms with Gasteiger partial charge in [0.1, 0.15) is 23.8 Å². The molecule has 0 radical (unpaired) electrons. The van der Waals surface area contributed by atoms with E-state index in [1.807, 2.05) is 48.5 Å². The number of carbonyl (C=O) groups excluding carboxylic acids is 5. The average molecular weight is 934 g/mol. The van der Waals surface area contributed by atoms with Crippen LogP contribution in [0.3, 0.4) is 0 Å². The van der Waals surface area contributed by atoms with Gasteiger partial charge in [-0.2, -0.15) is 0 Å². The van der Waals surface area contributed by atoms with Crippen LogP contribution >= 0.6 is 35.6 Å². The molecule has 2 aromatic heterocycles. The van der Waals surface area contributed by atoms with Crippen LogP contribution in [0.1, 0.15) is 66.4 Å². The maximum absolute atomic E-state index is 12.9. The van der Waals surface area contributed by atoms with Crippen molar-refractivity contribution in [3.63, 3.8) is 0 Å². The summed E-state index contributed by atoms with van der Waals surface area (Å²) in [6.45, 7) is 0. The van der Waals surface area contributed by atoms with Gasteiger partial charge in [0, 0.05) is 58.6 Å². The van der Waals surface area contributed by atoms with Crippen LogP contribution in [-0.4, -0.2) is 113 Å². The van der Waals surface area contributed by atoms with Gasteiger partial charge >= 0.3 is 17.9 Å². The SMILES string of the molecule is CN.CNC(=O)c1ccc([C@H]2c3[nH]c4ccccc4c3C[C@H](C(=O)OC)N2C(=O)CCl)cc1.COC(=O)[C@H]1Cc2c([nH]c3ccccc23)[C@H](c2ccc(C(=O)O)cc2)N1C(=O)CCl.Cl. The topological polar surface area (TPSA) is 217 Å². The summed E-state index contributed by atoms with van der Waals surface area (Å²) in [5, 5.41) is 13.8. The zero-order chi connectivity index (χ0) is 45.5. The van der Waals surface area contributed by atoms with E-state index in [1.165, 1.54) is 43.2 Å². The van der Waals surface area contributed by atoms with Gasteiger partial charge in [0.2, 0.25) is 11.8 Å². The zero-order valence-electron chi connectivity index (χ0n) is 35.2. The first-order valence-electron chi connectivity index (χ1n) is 19.8.